The van der Waals surface area contributed by atoms with Gasteiger partial charge in [0.15, 0.2) is 0 Å². The first-order valence-corrected chi connectivity index (χ1v) is 7.14. The summed E-state index contributed by atoms with van der Waals surface area (Å²) in [5, 5.41) is 3.30. The van der Waals surface area contributed by atoms with E-state index >= 15 is 0 Å². The zero-order valence-corrected chi connectivity index (χ0v) is 12.0. The van der Waals surface area contributed by atoms with Gasteiger partial charge in [-0.05, 0) is 37.5 Å². The van der Waals surface area contributed by atoms with E-state index in [4.69, 9.17) is 10.5 Å². The first-order chi connectivity index (χ1) is 9.72. The van der Waals surface area contributed by atoms with Gasteiger partial charge in [-0.2, -0.15) is 0 Å². The van der Waals surface area contributed by atoms with Crippen LogP contribution in [0, 0.1) is 0 Å². The SMILES string of the molecule is COCCCNc1ccc(N)cc1C(=O)N1CCCC1. The molecule has 5 nitrogen and oxygen atoms in total. The Morgan fingerprint density at radius 2 is 2.15 bits per heavy atom. The lowest BCUT2D eigenvalue weighted by Crippen LogP contribution is -2.28. The van der Waals surface area contributed by atoms with E-state index in [0.717, 1.165) is 44.6 Å². The van der Waals surface area contributed by atoms with Crippen LogP contribution in [0.2, 0.25) is 0 Å². The highest BCUT2D eigenvalue weighted by atomic mass is 16.5. The highest BCUT2D eigenvalue weighted by Gasteiger charge is 2.21. The Labute approximate surface area is 120 Å². The van der Waals surface area contributed by atoms with Crippen LogP contribution in [0.1, 0.15) is 29.6 Å². The molecule has 1 aliphatic heterocycles. The zero-order chi connectivity index (χ0) is 14.4. The first-order valence-electron chi connectivity index (χ1n) is 7.14. The van der Waals surface area contributed by atoms with Gasteiger partial charge in [0, 0.05) is 44.7 Å². The van der Waals surface area contributed by atoms with Crippen LogP contribution in [0.15, 0.2) is 18.2 Å². The summed E-state index contributed by atoms with van der Waals surface area (Å²) in [6, 6.07) is 5.46. The highest BCUT2D eigenvalue weighted by molar-refractivity contribution is 6.00. The zero-order valence-electron chi connectivity index (χ0n) is 12.0. The molecule has 1 heterocycles. The fraction of sp³-hybridized carbons (Fsp3) is 0.533. The molecular weight excluding hydrogens is 254 g/mol. The summed E-state index contributed by atoms with van der Waals surface area (Å²) in [7, 11) is 1.69. The molecule has 1 aromatic carbocycles. The van der Waals surface area contributed by atoms with Crippen molar-refractivity contribution < 1.29 is 9.53 Å². The van der Waals surface area contributed by atoms with Crippen molar-refractivity contribution in [2.24, 2.45) is 0 Å². The van der Waals surface area contributed by atoms with Crippen LogP contribution in [0.5, 0.6) is 0 Å². The maximum absolute atomic E-state index is 12.5. The van der Waals surface area contributed by atoms with Crippen LogP contribution >= 0.6 is 0 Å². The van der Waals surface area contributed by atoms with Gasteiger partial charge < -0.3 is 20.7 Å². The number of carbonyl (C=O) groups is 1. The molecule has 0 spiro atoms. The monoisotopic (exact) mass is 277 g/mol. The van der Waals surface area contributed by atoms with Gasteiger partial charge in [-0.1, -0.05) is 0 Å². The molecule has 110 valence electrons. The summed E-state index contributed by atoms with van der Waals surface area (Å²) in [4.78, 5) is 14.4. The molecule has 0 aromatic heterocycles. The van der Waals surface area contributed by atoms with Gasteiger partial charge in [0.2, 0.25) is 0 Å². The molecule has 3 N–H and O–H groups in total. The summed E-state index contributed by atoms with van der Waals surface area (Å²) < 4.78 is 5.02. The average Bonchev–Trinajstić information content (AvgIpc) is 2.98. The van der Waals surface area contributed by atoms with Crippen LogP contribution in [0.4, 0.5) is 11.4 Å². The molecule has 2 rings (SSSR count). The Hall–Kier alpha value is -1.75. The standard InChI is InChI=1S/C15H23N3O2/c1-20-10-4-7-17-14-6-5-12(16)11-13(14)15(19)18-8-2-3-9-18/h5-6,11,17H,2-4,7-10,16H2,1H3. The Morgan fingerprint density at radius 1 is 1.40 bits per heavy atom. The number of likely N-dealkylation sites (tertiary alicyclic amines) is 1. The van der Waals surface area contributed by atoms with Crippen LogP contribution in [-0.4, -0.2) is 44.2 Å². The van der Waals surface area contributed by atoms with Gasteiger partial charge in [-0.25, -0.2) is 0 Å². The number of anilines is 2. The van der Waals surface area contributed by atoms with E-state index in [1.54, 1.807) is 13.2 Å². The largest absolute Gasteiger partial charge is 0.399 e. The average molecular weight is 277 g/mol. The minimum atomic E-state index is 0.0732. The van der Waals surface area contributed by atoms with E-state index in [1.165, 1.54) is 0 Å². The summed E-state index contributed by atoms with van der Waals surface area (Å²) in [5.74, 6) is 0.0732. The van der Waals surface area contributed by atoms with Gasteiger partial charge in [-0.15, -0.1) is 0 Å². The first kappa shape index (κ1) is 14.7. The van der Waals surface area contributed by atoms with Gasteiger partial charge in [-0.3, -0.25) is 4.79 Å². The maximum Gasteiger partial charge on any atom is 0.256 e. The third-order valence-corrected chi connectivity index (χ3v) is 3.51. The lowest BCUT2D eigenvalue weighted by molar-refractivity contribution is 0.0794. The number of nitrogens with one attached hydrogen (secondary N) is 1. The molecule has 1 aromatic rings. The number of ether oxygens (including phenoxy) is 1. The number of benzene rings is 1. The number of carbonyl (C=O) groups excluding carboxylic acids is 1. The molecule has 5 heteroatoms. The second-order valence-electron chi connectivity index (χ2n) is 5.08. The topological polar surface area (TPSA) is 67.6 Å². The van der Waals surface area contributed by atoms with Crippen LogP contribution in [0.25, 0.3) is 0 Å². The minimum absolute atomic E-state index is 0.0732. The molecule has 0 radical (unpaired) electrons. The van der Waals surface area contributed by atoms with Crippen molar-refractivity contribution in [3.05, 3.63) is 23.8 Å². The lowest BCUT2D eigenvalue weighted by atomic mass is 10.1. The van der Waals surface area contributed by atoms with Crippen molar-refractivity contribution in [2.75, 3.05) is 44.4 Å². The van der Waals surface area contributed by atoms with Gasteiger partial charge in [0.1, 0.15) is 0 Å². The maximum atomic E-state index is 12.5. The molecule has 1 fully saturated rings. The quantitative estimate of drug-likeness (QED) is 0.616. The second-order valence-corrected chi connectivity index (χ2v) is 5.08. The normalized spacial score (nSPS) is 14.6. The summed E-state index contributed by atoms with van der Waals surface area (Å²) >= 11 is 0. The molecule has 0 aliphatic carbocycles. The molecule has 1 amide bonds. The minimum Gasteiger partial charge on any atom is -0.399 e. The lowest BCUT2D eigenvalue weighted by Gasteiger charge is -2.18. The highest BCUT2D eigenvalue weighted by Crippen LogP contribution is 2.22. The Balaban J connectivity index is 2.08. The third kappa shape index (κ3) is 3.63. The van der Waals surface area contributed by atoms with Crippen molar-refractivity contribution in [1.29, 1.82) is 0 Å². The van der Waals surface area contributed by atoms with Crippen molar-refractivity contribution in [2.45, 2.75) is 19.3 Å². The van der Waals surface area contributed by atoms with E-state index in [0.29, 0.717) is 17.9 Å². The predicted octanol–water partition coefficient (Wildman–Crippen LogP) is 1.95. The third-order valence-electron chi connectivity index (χ3n) is 3.51. The van der Waals surface area contributed by atoms with Crippen LogP contribution in [-0.2, 0) is 4.74 Å². The second kappa shape index (κ2) is 7.14. The van der Waals surface area contributed by atoms with Gasteiger partial charge >= 0.3 is 0 Å². The Kier molecular flexibility index (Phi) is 5.24. The van der Waals surface area contributed by atoms with Gasteiger partial charge in [0.25, 0.3) is 5.91 Å². The fourth-order valence-electron chi connectivity index (χ4n) is 2.42. The Morgan fingerprint density at radius 3 is 2.85 bits per heavy atom. The summed E-state index contributed by atoms with van der Waals surface area (Å²) in [6.45, 7) is 3.17. The molecular formula is C15H23N3O2. The summed E-state index contributed by atoms with van der Waals surface area (Å²) in [6.07, 6.45) is 3.08. The molecule has 20 heavy (non-hydrogen) atoms. The van der Waals surface area contributed by atoms with Crippen LogP contribution < -0.4 is 11.1 Å². The van der Waals surface area contributed by atoms with Crippen molar-refractivity contribution >= 4 is 17.3 Å². The van der Waals surface area contributed by atoms with E-state index in [9.17, 15) is 4.79 Å². The van der Waals surface area contributed by atoms with Crippen molar-refractivity contribution in [3.8, 4) is 0 Å². The smallest absolute Gasteiger partial charge is 0.256 e. The number of rotatable bonds is 6. The van der Waals surface area contributed by atoms with E-state index in [-0.39, 0.29) is 5.91 Å². The molecule has 1 aliphatic rings. The number of methoxy groups -OCH3 is 1. The van der Waals surface area contributed by atoms with E-state index in [1.807, 2.05) is 17.0 Å². The molecule has 0 bridgehead atoms. The number of nitrogens with two attached hydrogens (primary N) is 1. The van der Waals surface area contributed by atoms with Crippen molar-refractivity contribution in [3.63, 3.8) is 0 Å². The van der Waals surface area contributed by atoms with Crippen LogP contribution in [0.3, 0.4) is 0 Å². The number of hydrogen-bond acceptors (Lipinski definition) is 4. The molecule has 0 saturated carbocycles. The van der Waals surface area contributed by atoms with E-state index in [2.05, 4.69) is 5.32 Å². The number of nitrogen functional groups attached to an aromatic ring is 1. The molecule has 0 atom stereocenters. The Bertz CT molecular complexity index is 456. The molecule has 1 saturated heterocycles. The van der Waals surface area contributed by atoms with Crippen molar-refractivity contribution in [1.82, 2.24) is 4.90 Å². The van der Waals surface area contributed by atoms with Gasteiger partial charge in [0.05, 0.1) is 5.56 Å². The molecule has 0 unspecified atom stereocenters. The number of hydrogen-bond donors (Lipinski definition) is 2. The fourth-order valence-corrected chi connectivity index (χ4v) is 2.42. The predicted molar refractivity (Wildman–Crippen MR) is 81.0 cm³/mol. The summed E-state index contributed by atoms with van der Waals surface area (Å²) in [5.41, 5.74) is 7.97. The number of nitrogens with zero attached hydrogens (tertiary/aromatic N) is 1. The number of amides is 1. The van der Waals surface area contributed by atoms with E-state index < -0.39 is 0 Å².